The lowest BCUT2D eigenvalue weighted by Gasteiger charge is -2.11. The molecule has 0 atom stereocenters. The number of nitrogens with zero attached hydrogens (tertiary/aromatic N) is 2. The van der Waals surface area contributed by atoms with Crippen LogP contribution in [0.2, 0.25) is 5.02 Å². The minimum Gasteiger partial charge on any atom is -0.493 e. The minimum absolute atomic E-state index is 0.00196. The lowest BCUT2D eigenvalue weighted by Crippen LogP contribution is -2.07. The summed E-state index contributed by atoms with van der Waals surface area (Å²) in [4.78, 5) is 16.5. The van der Waals surface area contributed by atoms with Crippen molar-refractivity contribution in [1.29, 1.82) is 0 Å². The van der Waals surface area contributed by atoms with E-state index < -0.39 is 12.6 Å². The Morgan fingerprint density at radius 2 is 2.04 bits per heavy atom. The molecule has 2 heterocycles. The van der Waals surface area contributed by atoms with E-state index in [1.54, 1.807) is 28.9 Å². The molecule has 1 aromatic carbocycles. The molecule has 0 fully saturated rings. The Kier molecular flexibility index (Phi) is 5.22. The number of pyridine rings is 1. The normalized spacial score (nSPS) is 11.0. The molecule has 26 heavy (non-hydrogen) atoms. The molecule has 0 bridgehead atoms. The maximum Gasteiger partial charge on any atom is 0.387 e. The number of carbonyl (C=O) groups is 1. The van der Waals surface area contributed by atoms with Crippen molar-refractivity contribution in [1.82, 2.24) is 9.38 Å². The summed E-state index contributed by atoms with van der Waals surface area (Å²) in [5.74, 6) is -0.819. The number of halogens is 3. The third-order valence-corrected chi connectivity index (χ3v) is 3.65. The summed E-state index contributed by atoms with van der Waals surface area (Å²) >= 11 is 5.91. The number of esters is 1. The molecule has 2 aromatic heterocycles. The lowest BCUT2D eigenvalue weighted by molar-refractivity contribution is -0.0512. The molecule has 0 unspecified atom stereocenters. The molecule has 0 radical (unpaired) electrons. The quantitative estimate of drug-likeness (QED) is 0.604. The Morgan fingerprint density at radius 3 is 2.77 bits per heavy atom. The Labute approximate surface area is 151 Å². The van der Waals surface area contributed by atoms with E-state index in [0.29, 0.717) is 16.4 Å². The SMILES string of the molecule is COc1cc(C(=O)OCc2cn3cc(Cl)ccc3n2)ccc1OC(F)F. The van der Waals surface area contributed by atoms with Gasteiger partial charge >= 0.3 is 12.6 Å². The van der Waals surface area contributed by atoms with E-state index in [1.807, 2.05) is 0 Å². The standard InChI is InChI=1S/C17H13ClF2N2O4/c1-24-14-6-10(2-4-13(14)26-17(19)20)16(23)25-9-12-8-22-7-11(18)3-5-15(22)21-12/h2-8,17H,9H2,1H3. The van der Waals surface area contributed by atoms with Crippen molar-refractivity contribution in [2.24, 2.45) is 0 Å². The van der Waals surface area contributed by atoms with E-state index in [0.717, 1.165) is 0 Å². The summed E-state index contributed by atoms with van der Waals surface area (Å²) in [6.07, 6.45) is 3.37. The fourth-order valence-corrected chi connectivity index (χ4v) is 2.47. The van der Waals surface area contributed by atoms with Crippen LogP contribution in [0.1, 0.15) is 16.1 Å². The van der Waals surface area contributed by atoms with Crippen molar-refractivity contribution < 1.29 is 27.8 Å². The summed E-state index contributed by atoms with van der Waals surface area (Å²) in [6, 6.07) is 7.24. The van der Waals surface area contributed by atoms with Crippen LogP contribution in [0.3, 0.4) is 0 Å². The first-order chi connectivity index (χ1) is 12.5. The van der Waals surface area contributed by atoms with Crippen molar-refractivity contribution in [3.05, 3.63) is 59.0 Å². The molecule has 0 aliphatic carbocycles. The van der Waals surface area contributed by atoms with Gasteiger partial charge in [-0.25, -0.2) is 9.78 Å². The molecule has 9 heteroatoms. The highest BCUT2D eigenvalue weighted by Gasteiger charge is 2.15. The van der Waals surface area contributed by atoms with Gasteiger partial charge in [0.25, 0.3) is 0 Å². The van der Waals surface area contributed by atoms with Crippen LogP contribution in [0.4, 0.5) is 8.78 Å². The Hall–Kier alpha value is -2.87. The van der Waals surface area contributed by atoms with Crippen LogP contribution in [-0.4, -0.2) is 29.1 Å². The summed E-state index contributed by atoms with van der Waals surface area (Å²) in [5.41, 5.74) is 1.33. The number of benzene rings is 1. The van der Waals surface area contributed by atoms with Gasteiger partial charge in [0.2, 0.25) is 0 Å². The minimum atomic E-state index is -3.00. The van der Waals surface area contributed by atoms with E-state index in [2.05, 4.69) is 9.72 Å². The van der Waals surface area contributed by atoms with E-state index in [-0.39, 0.29) is 23.7 Å². The van der Waals surface area contributed by atoms with E-state index in [9.17, 15) is 13.6 Å². The van der Waals surface area contributed by atoms with E-state index in [1.165, 1.54) is 25.3 Å². The molecule has 0 saturated heterocycles. The van der Waals surface area contributed by atoms with Crippen molar-refractivity contribution in [3.63, 3.8) is 0 Å². The number of methoxy groups -OCH3 is 1. The van der Waals surface area contributed by atoms with Crippen LogP contribution < -0.4 is 9.47 Å². The molecule has 0 aliphatic rings. The van der Waals surface area contributed by atoms with Crippen molar-refractivity contribution in [2.75, 3.05) is 7.11 Å². The zero-order valence-corrected chi connectivity index (χ0v) is 14.2. The van der Waals surface area contributed by atoms with Gasteiger partial charge in [0, 0.05) is 12.4 Å². The number of imidazole rings is 1. The number of hydrogen-bond acceptors (Lipinski definition) is 5. The molecule has 0 saturated carbocycles. The number of ether oxygens (including phenoxy) is 3. The fourth-order valence-electron chi connectivity index (χ4n) is 2.30. The van der Waals surface area contributed by atoms with Gasteiger partial charge in [-0.15, -0.1) is 0 Å². The van der Waals surface area contributed by atoms with Crippen molar-refractivity contribution in [2.45, 2.75) is 13.2 Å². The number of fused-ring (bicyclic) bond motifs is 1. The Morgan fingerprint density at radius 1 is 1.23 bits per heavy atom. The molecular formula is C17H13ClF2N2O4. The van der Waals surface area contributed by atoms with Crippen LogP contribution in [0, 0.1) is 0 Å². The summed E-state index contributed by atoms with van der Waals surface area (Å²) in [7, 11) is 1.28. The Bertz CT molecular complexity index is 946. The second kappa shape index (κ2) is 7.57. The number of alkyl halides is 2. The summed E-state index contributed by atoms with van der Waals surface area (Å²) < 4.78 is 40.8. The van der Waals surface area contributed by atoms with Gasteiger partial charge in [0.1, 0.15) is 12.3 Å². The molecule has 3 aromatic rings. The van der Waals surface area contributed by atoms with Gasteiger partial charge in [0.05, 0.1) is 23.4 Å². The zero-order valence-electron chi connectivity index (χ0n) is 13.5. The second-order valence-corrected chi connectivity index (χ2v) is 5.60. The smallest absolute Gasteiger partial charge is 0.387 e. The topological polar surface area (TPSA) is 62.1 Å². The third kappa shape index (κ3) is 4.02. The van der Waals surface area contributed by atoms with Gasteiger partial charge in [-0.2, -0.15) is 8.78 Å². The lowest BCUT2D eigenvalue weighted by atomic mass is 10.2. The molecule has 0 aliphatic heterocycles. The number of aromatic nitrogens is 2. The fraction of sp³-hybridized carbons (Fsp3) is 0.176. The van der Waals surface area contributed by atoms with Crippen molar-refractivity contribution >= 4 is 23.2 Å². The first-order valence-electron chi connectivity index (χ1n) is 7.39. The molecule has 0 N–H and O–H groups in total. The predicted octanol–water partition coefficient (Wildman–Crippen LogP) is 3.95. The first-order valence-corrected chi connectivity index (χ1v) is 7.77. The number of hydrogen-bond donors (Lipinski definition) is 0. The van der Waals surface area contributed by atoms with Gasteiger partial charge in [-0.3, -0.25) is 0 Å². The van der Waals surface area contributed by atoms with Crippen molar-refractivity contribution in [3.8, 4) is 11.5 Å². The highest BCUT2D eigenvalue weighted by atomic mass is 35.5. The van der Waals surface area contributed by atoms with E-state index >= 15 is 0 Å². The summed E-state index contributed by atoms with van der Waals surface area (Å²) in [6.45, 7) is -3.05. The maximum absolute atomic E-state index is 12.3. The maximum atomic E-state index is 12.3. The van der Waals surface area contributed by atoms with Crippen LogP contribution in [0.15, 0.2) is 42.7 Å². The molecular weight excluding hydrogens is 370 g/mol. The van der Waals surface area contributed by atoms with Crippen LogP contribution >= 0.6 is 11.6 Å². The largest absolute Gasteiger partial charge is 0.493 e. The number of rotatable bonds is 6. The Balaban J connectivity index is 1.70. The second-order valence-electron chi connectivity index (χ2n) is 5.17. The molecule has 3 rings (SSSR count). The molecule has 0 amide bonds. The van der Waals surface area contributed by atoms with Gasteiger partial charge in [0.15, 0.2) is 11.5 Å². The predicted molar refractivity (Wildman–Crippen MR) is 88.9 cm³/mol. The van der Waals surface area contributed by atoms with Crippen LogP contribution in [0.5, 0.6) is 11.5 Å². The van der Waals surface area contributed by atoms with Crippen LogP contribution in [0.25, 0.3) is 5.65 Å². The summed E-state index contributed by atoms with van der Waals surface area (Å²) in [5, 5.41) is 0.552. The van der Waals surface area contributed by atoms with Gasteiger partial charge in [-0.1, -0.05) is 11.6 Å². The first kappa shape index (κ1) is 17.9. The van der Waals surface area contributed by atoms with E-state index in [4.69, 9.17) is 21.1 Å². The molecule has 136 valence electrons. The van der Waals surface area contributed by atoms with Gasteiger partial charge in [-0.05, 0) is 30.3 Å². The third-order valence-electron chi connectivity index (χ3n) is 3.43. The monoisotopic (exact) mass is 382 g/mol. The van der Waals surface area contributed by atoms with Crippen LogP contribution in [-0.2, 0) is 11.3 Å². The molecule has 6 nitrogen and oxygen atoms in total. The highest BCUT2D eigenvalue weighted by Crippen LogP contribution is 2.29. The zero-order chi connectivity index (χ0) is 18.7. The highest BCUT2D eigenvalue weighted by molar-refractivity contribution is 6.30. The van der Waals surface area contributed by atoms with Gasteiger partial charge < -0.3 is 18.6 Å². The molecule has 0 spiro atoms. The number of carbonyl (C=O) groups excluding carboxylic acids is 1. The average Bonchev–Trinajstić information content (AvgIpc) is 3.01. The average molecular weight is 383 g/mol.